The second kappa shape index (κ2) is 5.31. The lowest BCUT2D eigenvalue weighted by Gasteiger charge is -2.13. The number of hydrogen-bond acceptors (Lipinski definition) is 2. The number of halogens is 1. The van der Waals surface area contributed by atoms with Crippen LogP contribution in [0.15, 0.2) is 53.6 Å². The van der Waals surface area contributed by atoms with Gasteiger partial charge in [0, 0.05) is 10.6 Å². The lowest BCUT2D eigenvalue weighted by atomic mass is 10.0. The predicted octanol–water partition coefficient (Wildman–Crippen LogP) is 3.85. The molecular formula is C13H10FN3O. The number of aliphatic hydroxyl groups excluding tert-OH is 1. The maximum atomic E-state index is 12.8. The Bertz CT molecular complexity index is 591. The molecule has 18 heavy (non-hydrogen) atoms. The third-order valence-corrected chi connectivity index (χ3v) is 2.57. The summed E-state index contributed by atoms with van der Waals surface area (Å²) in [5.41, 5.74) is 9.84. The van der Waals surface area contributed by atoms with Crippen molar-refractivity contribution in [1.82, 2.24) is 0 Å². The molecule has 2 rings (SSSR count). The largest absolute Gasteiger partial charge is 0.384 e. The van der Waals surface area contributed by atoms with Crippen molar-refractivity contribution in [3.63, 3.8) is 0 Å². The van der Waals surface area contributed by atoms with Gasteiger partial charge < -0.3 is 5.11 Å². The molecular weight excluding hydrogens is 233 g/mol. The fraction of sp³-hybridized carbons (Fsp3) is 0.0769. The summed E-state index contributed by atoms with van der Waals surface area (Å²) in [4.78, 5) is 2.71. The molecule has 0 aliphatic rings. The topological polar surface area (TPSA) is 69.0 Å². The minimum absolute atomic E-state index is 0.358. The molecule has 1 N–H and O–H groups in total. The molecule has 0 bridgehead atoms. The van der Waals surface area contributed by atoms with Crippen LogP contribution in [0, 0.1) is 5.82 Å². The molecule has 2 aromatic carbocycles. The van der Waals surface area contributed by atoms with Crippen LogP contribution >= 0.6 is 0 Å². The first kappa shape index (κ1) is 12.1. The number of rotatable bonds is 3. The van der Waals surface area contributed by atoms with E-state index in [1.807, 2.05) is 0 Å². The molecule has 4 nitrogen and oxygen atoms in total. The van der Waals surface area contributed by atoms with E-state index in [2.05, 4.69) is 10.0 Å². The highest BCUT2D eigenvalue weighted by Crippen LogP contribution is 2.30. The summed E-state index contributed by atoms with van der Waals surface area (Å²) in [7, 11) is 0. The van der Waals surface area contributed by atoms with Gasteiger partial charge in [-0.15, -0.1) is 0 Å². The molecule has 1 unspecified atom stereocenters. The number of azide groups is 1. The Balaban J connectivity index is 2.42. The summed E-state index contributed by atoms with van der Waals surface area (Å²) >= 11 is 0. The van der Waals surface area contributed by atoms with Crippen LogP contribution in [-0.2, 0) is 0 Å². The third-order valence-electron chi connectivity index (χ3n) is 2.57. The molecule has 0 radical (unpaired) electrons. The van der Waals surface area contributed by atoms with E-state index >= 15 is 0 Å². The van der Waals surface area contributed by atoms with Crippen LogP contribution in [0.3, 0.4) is 0 Å². The molecule has 0 saturated carbocycles. The molecule has 1 atom stereocenters. The van der Waals surface area contributed by atoms with E-state index in [0.717, 1.165) is 0 Å². The molecule has 0 aromatic heterocycles. The van der Waals surface area contributed by atoms with Crippen molar-refractivity contribution in [1.29, 1.82) is 0 Å². The van der Waals surface area contributed by atoms with Crippen molar-refractivity contribution in [3.05, 3.63) is 75.9 Å². The molecule has 90 valence electrons. The summed E-state index contributed by atoms with van der Waals surface area (Å²) < 4.78 is 12.8. The zero-order chi connectivity index (χ0) is 13.0. The van der Waals surface area contributed by atoms with Crippen LogP contribution in [0.5, 0.6) is 0 Å². The maximum absolute atomic E-state index is 12.8. The van der Waals surface area contributed by atoms with Crippen LogP contribution in [-0.4, -0.2) is 5.11 Å². The first-order valence-corrected chi connectivity index (χ1v) is 5.30. The van der Waals surface area contributed by atoms with Gasteiger partial charge >= 0.3 is 0 Å². The molecule has 0 aliphatic carbocycles. The first-order chi connectivity index (χ1) is 8.72. The van der Waals surface area contributed by atoms with Crippen LogP contribution in [0.25, 0.3) is 10.4 Å². The fourth-order valence-corrected chi connectivity index (χ4v) is 1.68. The Kier molecular flexibility index (Phi) is 3.57. The molecule has 0 amide bonds. The van der Waals surface area contributed by atoms with Crippen LogP contribution < -0.4 is 0 Å². The van der Waals surface area contributed by atoms with Gasteiger partial charge in [-0.05, 0) is 28.8 Å². The molecule has 2 aromatic rings. The van der Waals surface area contributed by atoms with Crippen molar-refractivity contribution in [2.24, 2.45) is 5.11 Å². The van der Waals surface area contributed by atoms with Gasteiger partial charge in [0.05, 0.1) is 0 Å². The lowest BCUT2D eigenvalue weighted by Crippen LogP contribution is -1.99. The van der Waals surface area contributed by atoms with E-state index in [1.54, 1.807) is 24.3 Å². The van der Waals surface area contributed by atoms with E-state index < -0.39 is 6.10 Å². The van der Waals surface area contributed by atoms with Crippen molar-refractivity contribution in [3.8, 4) is 0 Å². The average molecular weight is 243 g/mol. The standard InChI is InChI=1S/C13H10FN3O/c14-10-7-5-9(6-8-10)13(18)11-3-1-2-4-12(11)16-17-15/h1-8,13,18H. The zero-order valence-electron chi connectivity index (χ0n) is 9.36. The number of nitrogens with zero attached hydrogens (tertiary/aromatic N) is 3. The summed E-state index contributed by atoms with van der Waals surface area (Å²) in [6.45, 7) is 0. The predicted molar refractivity (Wildman–Crippen MR) is 65.7 cm³/mol. The smallest absolute Gasteiger partial charge is 0.123 e. The van der Waals surface area contributed by atoms with Crippen molar-refractivity contribution >= 4 is 5.69 Å². The number of hydrogen-bond donors (Lipinski definition) is 1. The summed E-state index contributed by atoms with van der Waals surface area (Å²) in [5.74, 6) is -0.366. The Labute approximate surface area is 103 Å². The molecule has 5 heteroatoms. The van der Waals surface area contributed by atoms with Gasteiger partial charge in [0.25, 0.3) is 0 Å². The fourth-order valence-electron chi connectivity index (χ4n) is 1.68. The van der Waals surface area contributed by atoms with E-state index in [0.29, 0.717) is 16.8 Å². The minimum Gasteiger partial charge on any atom is -0.384 e. The third kappa shape index (κ3) is 2.48. The van der Waals surface area contributed by atoms with Crippen molar-refractivity contribution in [2.45, 2.75) is 6.10 Å². The molecule has 0 saturated heterocycles. The van der Waals surface area contributed by atoms with E-state index in [9.17, 15) is 9.50 Å². The SMILES string of the molecule is [N-]=[N+]=Nc1ccccc1C(O)c1ccc(F)cc1. The molecule has 0 fully saturated rings. The maximum Gasteiger partial charge on any atom is 0.123 e. The van der Waals surface area contributed by atoms with E-state index in [4.69, 9.17) is 5.53 Å². The van der Waals surface area contributed by atoms with Gasteiger partial charge in [0.2, 0.25) is 0 Å². The zero-order valence-corrected chi connectivity index (χ0v) is 9.36. The summed E-state index contributed by atoms with van der Waals surface area (Å²) in [5, 5.41) is 13.7. The summed E-state index contributed by atoms with van der Waals surface area (Å²) in [6.07, 6.45) is -0.952. The van der Waals surface area contributed by atoms with Gasteiger partial charge in [0.1, 0.15) is 11.9 Å². The number of benzene rings is 2. The highest BCUT2D eigenvalue weighted by Gasteiger charge is 2.13. The minimum atomic E-state index is -0.952. The second-order valence-electron chi connectivity index (χ2n) is 3.70. The second-order valence-corrected chi connectivity index (χ2v) is 3.70. The van der Waals surface area contributed by atoms with Crippen molar-refractivity contribution < 1.29 is 9.50 Å². The highest BCUT2D eigenvalue weighted by atomic mass is 19.1. The van der Waals surface area contributed by atoms with Gasteiger partial charge in [0.15, 0.2) is 0 Å². The molecule has 0 spiro atoms. The van der Waals surface area contributed by atoms with Gasteiger partial charge in [-0.25, -0.2) is 4.39 Å². The van der Waals surface area contributed by atoms with Crippen LogP contribution in [0.2, 0.25) is 0 Å². The Hall–Kier alpha value is -2.36. The number of aliphatic hydroxyl groups is 1. The van der Waals surface area contributed by atoms with Gasteiger partial charge in [-0.2, -0.15) is 0 Å². The van der Waals surface area contributed by atoms with Gasteiger partial charge in [-0.3, -0.25) is 0 Å². The van der Waals surface area contributed by atoms with E-state index in [1.165, 1.54) is 24.3 Å². The van der Waals surface area contributed by atoms with Crippen molar-refractivity contribution in [2.75, 3.05) is 0 Å². The molecule has 0 aliphatic heterocycles. The molecule has 0 heterocycles. The highest BCUT2D eigenvalue weighted by molar-refractivity contribution is 5.49. The Morgan fingerprint density at radius 2 is 1.78 bits per heavy atom. The quantitative estimate of drug-likeness (QED) is 0.496. The normalized spacial score (nSPS) is 11.7. The monoisotopic (exact) mass is 243 g/mol. The Morgan fingerprint density at radius 1 is 1.11 bits per heavy atom. The lowest BCUT2D eigenvalue weighted by molar-refractivity contribution is 0.221. The van der Waals surface area contributed by atoms with E-state index in [-0.39, 0.29) is 5.82 Å². The first-order valence-electron chi connectivity index (χ1n) is 5.30. The van der Waals surface area contributed by atoms with Crippen LogP contribution in [0.1, 0.15) is 17.2 Å². The average Bonchev–Trinajstić information content (AvgIpc) is 2.40. The van der Waals surface area contributed by atoms with Crippen LogP contribution in [0.4, 0.5) is 10.1 Å². The Morgan fingerprint density at radius 3 is 2.44 bits per heavy atom. The van der Waals surface area contributed by atoms with Gasteiger partial charge in [-0.1, -0.05) is 41.5 Å². The summed E-state index contributed by atoms with van der Waals surface area (Å²) in [6, 6.07) is 12.3.